The van der Waals surface area contributed by atoms with Crippen LogP contribution in [0.2, 0.25) is 0 Å². The van der Waals surface area contributed by atoms with Crippen molar-refractivity contribution < 1.29 is 22.7 Å². The molecule has 1 aromatic heterocycles. The predicted octanol–water partition coefficient (Wildman–Crippen LogP) is 2.37. The first-order valence-electron chi connectivity index (χ1n) is 5.85. The van der Waals surface area contributed by atoms with Crippen LogP contribution in [-0.4, -0.2) is 19.5 Å². The van der Waals surface area contributed by atoms with Crippen molar-refractivity contribution in [2.24, 2.45) is 0 Å². The van der Waals surface area contributed by atoms with Crippen LogP contribution in [0.15, 0.2) is 33.9 Å². The zero-order chi connectivity index (χ0) is 15.6. The molecule has 21 heavy (non-hydrogen) atoms. The number of hydrogen-bond acceptors (Lipinski definition) is 4. The quantitative estimate of drug-likeness (QED) is 0.882. The van der Waals surface area contributed by atoms with E-state index in [-0.39, 0.29) is 11.4 Å². The fraction of sp³-hybridized carbons (Fsp3) is 0.154. The Balaban J connectivity index is 2.26. The number of aryl methyl sites for hydroxylation is 1. The summed E-state index contributed by atoms with van der Waals surface area (Å²) in [6.45, 7) is 1.96. The summed E-state index contributed by atoms with van der Waals surface area (Å²) in [7, 11) is -3.90. The van der Waals surface area contributed by atoms with Gasteiger partial charge in [-0.3, -0.25) is 0 Å². The summed E-state index contributed by atoms with van der Waals surface area (Å²) < 4.78 is 39.8. The Kier molecular flexibility index (Phi) is 4.40. The Morgan fingerprint density at radius 3 is 2.67 bits per heavy atom. The Labute approximate surface area is 125 Å². The van der Waals surface area contributed by atoms with E-state index in [4.69, 9.17) is 5.11 Å². The highest BCUT2D eigenvalue weighted by molar-refractivity contribution is 7.89. The summed E-state index contributed by atoms with van der Waals surface area (Å²) in [5.41, 5.74) is 1.13. The van der Waals surface area contributed by atoms with Gasteiger partial charge in [-0.25, -0.2) is 22.3 Å². The van der Waals surface area contributed by atoms with Crippen LogP contribution in [0.1, 0.15) is 21.5 Å². The summed E-state index contributed by atoms with van der Waals surface area (Å²) in [5.74, 6) is -2.49. The van der Waals surface area contributed by atoms with Crippen molar-refractivity contribution in [3.05, 3.63) is 51.5 Å². The monoisotopic (exact) mass is 329 g/mol. The smallest absolute Gasteiger partial charge is 0.338 e. The first-order chi connectivity index (χ1) is 9.81. The average Bonchev–Trinajstić information content (AvgIpc) is 2.82. The van der Waals surface area contributed by atoms with E-state index in [2.05, 4.69) is 4.72 Å². The molecule has 2 aromatic rings. The van der Waals surface area contributed by atoms with Crippen molar-refractivity contribution in [1.82, 2.24) is 4.72 Å². The number of carbonyl (C=O) groups is 1. The second-order valence-electron chi connectivity index (χ2n) is 4.35. The zero-order valence-electron chi connectivity index (χ0n) is 11.0. The number of carboxylic acids is 1. The lowest BCUT2D eigenvalue weighted by molar-refractivity contribution is 0.0691. The Bertz CT molecular complexity index is 783. The molecule has 0 aliphatic carbocycles. The van der Waals surface area contributed by atoms with Gasteiger partial charge in [-0.15, -0.1) is 0 Å². The van der Waals surface area contributed by atoms with Crippen LogP contribution in [0.25, 0.3) is 0 Å². The van der Waals surface area contributed by atoms with Crippen LogP contribution in [0, 0.1) is 12.7 Å². The first kappa shape index (κ1) is 15.6. The maximum Gasteiger partial charge on any atom is 0.338 e. The number of carboxylic acid groups (broad SMARTS) is 1. The summed E-state index contributed by atoms with van der Waals surface area (Å²) in [5, 5.41) is 12.5. The van der Waals surface area contributed by atoms with Crippen molar-refractivity contribution in [2.45, 2.75) is 18.4 Å². The van der Waals surface area contributed by atoms with E-state index in [9.17, 15) is 17.6 Å². The van der Waals surface area contributed by atoms with E-state index in [1.165, 1.54) is 11.3 Å². The van der Waals surface area contributed by atoms with Crippen molar-refractivity contribution >= 4 is 27.3 Å². The highest BCUT2D eigenvalue weighted by atomic mass is 32.2. The summed E-state index contributed by atoms with van der Waals surface area (Å²) in [6, 6.07) is 2.67. The van der Waals surface area contributed by atoms with Crippen LogP contribution in [0.5, 0.6) is 0 Å². The number of sulfonamides is 1. The van der Waals surface area contributed by atoms with Gasteiger partial charge in [0.15, 0.2) is 0 Å². The molecule has 0 radical (unpaired) electrons. The topological polar surface area (TPSA) is 83.5 Å². The van der Waals surface area contributed by atoms with Gasteiger partial charge in [0.1, 0.15) is 5.82 Å². The molecule has 0 fully saturated rings. The molecule has 8 heteroatoms. The molecular weight excluding hydrogens is 317 g/mol. The minimum absolute atomic E-state index is 0.0947. The fourth-order valence-corrected chi connectivity index (χ4v) is 3.55. The number of nitrogens with one attached hydrogen (secondary N) is 1. The van der Waals surface area contributed by atoms with E-state index < -0.39 is 27.4 Å². The third-order valence-corrected chi connectivity index (χ3v) is 5.20. The summed E-state index contributed by atoms with van der Waals surface area (Å²) in [6.07, 6.45) is 0. The van der Waals surface area contributed by atoms with Crippen LogP contribution in [0.4, 0.5) is 4.39 Å². The van der Waals surface area contributed by atoms with Crippen molar-refractivity contribution in [2.75, 3.05) is 0 Å². The third-order valence-electron chi connectivity index (χ3n) is 2.89. The standard InChI is InChI=1S/C13H12FNO4S2/c1-8-6-20-7-9(8)5-15-21(18,19)10-2-3-12(14)11(4-10)13(16)17/h2-4,6-7,15H,5H2,1H3,(H,16,17). The third kappa shape index (κ3) is 3.46. The maximum absolute atomic E-state index is 13.3. The number of thiophene rings is 1. The lowest BCUT2D eigenvalue weighted by atomic mass is 10.2. The minimum Gasteiger partial charge on any atom is -0.478 e. The van der Waals surface area contributed by atoms with Gasteiger partial charge in [0.25, 0.3) is 0 Å². The maximum atomic E-state index is 13.3. The molecule has 0 bridgehead atoms. The second-order valence-corrected chi connectivity index (χ2v) is 6.86. The van der Waals surface area contributed by atoms with Crippen LogP contribution in [-0.2, 0) is 16.6 Å². The fourth-order valence-electron chi connectivity index (χ4n) is 1.66. The summed E-state index contributed by atoms with van der Waals surface area (Å²) >= 11 is 1.46. The molecule has 2 rings (SSSR count). The average molecular weight is 329 g/mol. The van der Waals surface area contributed by atoms with Crippen LogP contribution in [0.3, 0.4) is 0 Å². The van der Waals surface area contributed by atoms with Gasteiger partial charge in [0, 0.05) is 6.54 Å². The molecule has 0 saturated heterocycles. The van der Waals surface area contributed by atoms with E-state index in [0.717, 1.165) is 29.3 Å². The summed E-state index contributed by atoms with van der Waals surface area (Å²) in [4.78, 5) is 10.6. The molecule has 0 unspecified atom stereocenters. The molecule has 112 valence electrons. The highest BCUT2D eigenvalue weighted by Gasteiger charge is 2.19. The lowest BCUT2D eigenvalue weighted by Crippen LogP contribution is -2.23. The predicted molar refractivity (Wildman–Crippen MR) is 76.4 cm³/mol. The van der Waals surface area contributed by atoms with E-state index in [0.29, 0.717) is 0 Å². The first-order valence-corrected chi connectivity index (χ1v) is 8.28. The molecule has 5 nitrogen and oxygen atoms in total. The van der Waals surface area contributed by atoms with Gasteiger partial charge in [-0.1, -0.05) is 0 Å². The SMILES string of the molecule is Cc1cscc1CNS(=O)(=O)c1ccc(F)c(C(=O)O)c1. The van der Waals surface area contributed by atoms with Gasteiger partial charge in [0.05, 0.1) is 10.5 Å². The van der Waals surface area contributed by atoms with E-state index in [1.54, 1.807) is 0 Å². The molecular formula is C13H12FNO4S2. The van der Waals surface area contributed by atoms with Gasteiger partial charge < -0.3 is 5.11 Å². The van der Waals surface area contributed by atoms with Crippen LogP contribution < -0.4 is 4.72 Å². The number of aromatic carboxylic acids is 1. The van der Waals surface area contributed by atoms with Gasteiger partial charge >= 0.3 is 5.97 Å². The highest BCUT2D eigenvalue weighted by Crippen LogP contribution is 2.17. The number of rotatable bonds is 5. The molecule has 0 spiro atoms. The molecule has 1 aromatic carbocycles. The molecule has 0 amide bonds. The zero-order valence-corrected chi connectivity index (χ0v) is 12.6. The van der Waals surface area contributed by atoms with Crippen molar-refractivity contribution in [1.29, 1.82) is 0 Å². The Hall–Kier alpha value is -1.77. The molecule has 0 atom stereocenters. The Morgan fingerprint density at radius 2 is 2.10 bits per heavy atom. The Morgan fingerprint density at radius 1 is 1.38 bits per heavy atom. The van der Waals surface area contributed by atoms with Crippen molar-refractivity contribution in [3.8, 4) is 0 Å². The molecule has 0 aliphatic heterocycles. The van der Waals surface area contributed by atoms with E-state index >= 15 is 0 Å². The molecule has 2 N–H and O–H groups in total. The van der Waals surface area contributed by atoms with Gasteiger partial charge in [-0.05, 0) is 47.0 Å². The van der Waals surface area contributed by atoms with Crippen molar-refractivity contribution in [3.63, 3.8) is 0 Å². The number of halogens is 1. The lowest BCUT2D eigenvalue weighted by Gasteiger charge is -2.08. The van der Waals surface area contributed by atoms with Gasteiger partial charge in [-0.2, -0.15) is 11.3 Å². The molecule has 0 saturated carbocycles. The number of benzene rings is 1. The molecule has 1 heterocycles. The normalized spacial score (nSPS) is 11.5. The van der Waals surface area contributed by atoms with E-state index in [1.807, 2.05) is 17.7 Å². The second kappa shape index (κ2) is 5.92. The number of hydrogen-bond donors (Lipinski definition) is 2. The minimum atomic E-state index is -3.90. The largest absolute Gasteiger partial charge is 0.478 e. The molecule has 0 aliphatic rings. The van der Waals surface area contributed by atoms with Gasteiger partial charge in [0.2, 0.25) is 10.0 Å². The van der Waals surface area contributed by atoms with Crippen LogP contribution >= 0.6 is 11.3 Å².